The second kappa shape index (κ2) is 7.49. The van der Waals surface area contributed by atoms with Crippen LogP contribution in [0.5, 0.6) is 11.5 Å². The van der Waals surface area contributed by atoms with E-state index in [0.717, 1.165) is 16.5 Å². The van der Waals surface area contributed by atoms with Crippen molar-refractivity contribution in [2.75, 3.05) is 20.8 Å². The minimum Gasteiger partial charge on any atom is -0.493 e. The van der Waals surface area contributed by atoms with Gasteiger partial charge in [0.25, 0.3) is 5.91 Å². The smallest absolute Gasteiger partial charge is 0.268 e. The van der Waals surface area contributed by atoms with E-state index in [2.05, 4.69) is 5.32 Å². The molecule has 1 aromatic heterocycles. The first kappa shape index (κ1) is 17.8. The van der Waals surface area contributed by atoms with E-state index in [1.54, 1.807) is 24.9 Å². The number of aryl methyl sites for hydroxylation is 1. The number of ether oxygens (including phenoxy) is 2. The summed E-state index contributed by atoms with van der Waals surface area (Å²) in [7, 11) is 4.97. The van der Waals surface area contributed by atoms with E-state index in [1.165, 1.54) is 0 Å². The fourth-order valence-electron chi connectivity index (χ4n) is 3.03. The number of benzene rings is 2. The Bertz CT molecular complexity index is 918. The highest BCUT2D eigenvalue weighted by atomic mass is 16.5. The number of methoxy groups -OCH3 is 2. The topological polar surface area (TPSA) is 72.7 Å². The highest BCUT2D eigenvalue weighted by Gasteiger charge is 2.19. The number of aliphatic hydroxyl groups excluding tert-OH is 1. The van der Waals surface area contributed by atoms with Crippen molar-refractivity contribution >= 4 is 16.8 Å². The lowest BCUT2D eigenvalue weighted by Crippen LogP contribution is -2.31. The summed E-state index contributed by atoms with van der Waals surface area (Å²) in [5.41, 5.74) is 2.20. The van der Waals surface area contributed by atoms with Gasteiger partial charge in [-0.2, -0.15) is 0 Å². The van der Waals surface area contributed by atoms with E-state index in [0.29, 0.717) is 17.2 Å². The molecular formula is C20H22N2O4. The Kier molecular flexibility index (Phi) is 5.14. The maximum absolute atomic E-state index is 12.8. The van der Waals surface area contributed by atoms with Crippen molar-refractivity contribution in [2.24, 2.45) is 7.05 Å². The lowest BCUT2D eigenvalue weighted by molar-refractivity contribution is 0.0908. The molecule has 0 bridgehead atoms. The number of hydrogen-bond acceptors (Lipinski definition) is 4. The third-order valence-electron chi connectivity index (χ3n) is 4.47. The number of aliphatic hydroxyl groups is 1. The van der Waals surface area contributed by atoms with Gasteiger partial charge in [0.1, 0.15) is 5.69 Å². The predicted octanol–water partition coefficient (Wildman–Crippen LogP) is 2.66. The molecule has 0 spiro atoms. The number of hydrogen-bond donors (Lipinski definition) is 2. The van der Waals surface area contributed by atoms with Crippen LogP contribution < -0.4 is 14.8 Å². The van der Waals surface area contributed by atoms with Crippen molar-refractivity contribution in [3.05, 3.63) is 59.8 Å². The first-order chi connectivity index (χ1) is 12.6. The summed E-state index contributed by atoms with van der Waals surface area (Å²) in [4.78, 5) is 12.8. The molecule has 1 atom stereocenters. The molecule has 2 aromatic carbocycles. The lowest BCUT2D eigenvalue weighted by Gasteiger charge is -2.17. The van der Waals surface area contributed by atoms with Crippen molar-refractivity contribution in [2.45, 2.75) is 6.04 Å². The summed E-state index contributed by atoms with van der Waals surface area (Å²) in [6, 6.07) is 14.4. The SMILES string of the molecule is COc1cc2cc(C(=O)NC(CO)c3ccccc3)n(C)c2cc1OC. The molecule has 2 N–H and O–H groups in total. The summed E-state index contributed by atoms with van der Waals surface area (Å²) >= 11 is 0. The zero-order chi connectivity index (χ0) is 18.7. The van der Waals surface area contributed by atoms with E-state index in [9.17, 15) is 9.90 Å². The van der Waals surface area contributed by atoms with Crippen LogP contribution in [0.2, 0.25) is 0 Å². The average Bonchev–Trinajstić information content (AvgIpc) is 3.01. The van der Waals surface area contributed by atoms with Gasteiger partial charge in [-0.3, -0.25) is 4.79 Å². The summed E-state index contributed by atoms with van der Waals surface area (Å²) in [5.74, 6) is 0.949. The Balaban J connectivity index is 1.94. The fraction of sp³-hybridized carbons (Fsp3) is 0.250. The van der Waals surface area contributed by atoms with E-state index < -0.39 is 6.04 Å². The lowest BCUT2D eigenvalue weighted by atomic mass is 10.1. The molecular weight excluding hydrogens is 332 g/mol. The third kappa shape index (κ3) is 3.23. The Morgan fingerprint density at radius 3 is 2.38 bits per heavy atom. The third-order valence-corrected chi connectivity index (χ3v) is 4.47. The molecule has 1 amide bonds. The van der Waals surface area contributed by atoms with Crippen molar-refractivity contribution in [1.82, 2.24) is 9.88 Å². The van der Waals surface area contributed by atoms with Gasteiger partial charge >= 0.3 is 0 Å². The number of amides is 1. The van der Waals surface area contributed by atoms with Gasteiger partial charge in [-0.15, -0.1) is 0 Å². The molecule has 6 nitrogen and oxygen atoms in total. The molecule has 136 valence electrons. The van der Waals surface area contributed by atoms with Gasteiger partial charge in [-0.05, 0) is 17.7 Å². The molecule has 0 fully saturated rings. The number of carbonyl (C=O) groups is 1. The van der Waals surface area contributed by atoms with Gasteiger partial charge in [-0.25, -0.2) is 0 Å². The van der Waals surface area contributed by atoms with Crippen LogP contribution in [0.15, 0.2) is 48.5 Å². The quantitative estimate of drug-likeness (QED) is 0.714. The minimum atomic E-state index is -0.467. The zero-order valence-corrected chi connectivity index (χ0v) is 15.0. The second-order valence-corrected chi connectivity index (χ2v) is 5.97. The van der Waals surface area contributed by atoms with Crippen LogP contribution in [0, 0.1) is 0 Å². The molecule has 3 aromatic rings. The first-order valence-electron chi connectivity index (χ1n) is 8.27. The summed E-state index contributed by atoms with van der Waals surface area (Å²) in [5, 5.41) is 13.4. The van der Waals surface area contributed by atoms with Crippen LogP contribution in [-0.2, 0) is 7.05 Å². The van der Waals surface area contributed by atoms with Gasteiger partial charge in [0.05, 0.1) is 32.4 Å². The Labute approximate surface area is 152 Å². The van der Waals surface area contributed by atoms with Gasteiger partial charge in [-0.1, -0.05) is 30.3 Å². The molecule has 0 radical (unpaired) electrons. The number of fused-ring (bicyclic) bond motifs is 1. The average molecular weight is 354 g/mol. The first-order valence-corrected chi connectivity index (χ1v) is 8.27. The molecule has 6 heteroatoms. The second-order valence-electron chi connectivity index (χ2n) is 5.97. The zero-order valence-electron chi connectivity index (χ0n) is 15.0. The number of rotatable bonds is 6. The molecule has 26 heavy (non-hydrogen) atoms. The van der Waals surface area contributed by atoms with E-state index >= 15 is 0 Å². The van der Waals surface area contributed by atoms with Crippen LogP contribution in [0.25, 0.3) is 10.9 Å². The fourth-order valence-corrected chi connectivity index (χ4v) is 3.03. The monoisotopic (exact) mass is 354 g/mol. The summed E-state index contributed by atoms with van der Waals surface area (Å²) in [6.07, 6.45) is 0. The van der Waals surface area contributed by atoms with Crippen molar-refractivity contribution in [3.8, 4) is 11.5 Å². The van der Waals surface area contributed by atoms with Gasteiger partial charge < -0.3 is 24.5 Å². The summed E-state index contributed by atoms with van der Waals surface area (Å²) in [6.45, 7) is -0.179. The number of aromatic nitrogens is 1. The van der Waals surface area contributed by atoms with E-state index in [4.69, 9.17) is 9.47 Å². The minimum absolute atomic E-state index is 0.179. The maximum atomic E-state index is 12.8. The van der Waals surface area contributed by atoms with Gasteiger partial charge in [0.2, 0.25) is 0 Å². The standard InChI is InChI=1S/C20H22N2O4/c1-22-16-11-19(26-3)18(25-2)10-14(16)9-17(22)20(24)21-15(12-23)13-7-5-4-6-8-13/h4-11,15,23H,12H2,1-3H3,(H,21,24). The number of nitrogens with zero attached hydrogens (tertiary/aromatic N) is 1. The van der Waals surface area contributed by atoms with Crippen molar-refractivity contribution in [3.63, 3.8) is 0 Å². The highest BCUT2D eigenvalue weighted by Crippen LogP contribution is 2.33. The Morgan fingerprint density at radius 2 is 1.77 bits per heavy atom. The Hall–Kier alpha value is -2.99. The molecule has 0 saturated heterocycles. The van der Waals surface area contributed by atoms with Crippen LogP contribution in [0.1, 0.15) is 22.1 Å². The normalized spacial score (nSPS) is 12.0. The Morgan fingerprint density at radius 1 is 1.12 bits per heavy atom. The van der Waals surface area contributed by atoms with Crippen LogP contribution >= 0.6 is 0 Å². The molecule has 1 heterocycles. The van der Waals surface area contributed by atoms with Crippen molar-refractivity contribution < 1.29 is 19.4 Å². The molecule has 3 rings (SSSR count). The van der Waals surface area contributed by atoms with Crippen molar-refractivity contribution in [1.29, 1.82) is 0 Å². The largest absolute Gasteiger partial charge is 0.493 e. The molecule has 0 aliphatic rings. The summed E-state index contributed by atoms with van der Waals surface area (Å²) < 4.78 is 12.5. The maximum Gasteiger partial charge on any atom is 0.268 e. The highest BCUT2D eigenvalue weighted by molar-refractivity contribution is 5.99. The molecule has 1 unspecified atom stereocenters. The van der Waals surface area contributed by atoms with Crippen LogP contribution in [0.3, 0.4) is 0 Å². The number of carbonyl (C=O) groups excluding carboxylic acids is 1. The van der Waals surface area contributed by atoms with E-state index in [1.807, 2.05) is 49.5 Å². The van der Waals surface area contributed by atoms with Gasteiger partial charge in [0.15, 0.2) is 11.5 Å². The van der Waals surface area contributed by atoms with Crippen LogP contribution in [-0.4, -0.2) is 36.4 Å². The molecule has 0 aliphatic heterocycles. The molecule has 0 saturated carbocycles. The molecule has 0 aliphatic carbocycles. The number of nitrogens with one attached hydrogen (secondary N) is 1. The predicted molar refractivity (Wildman–Crippen MR) is 99.8 cm³/mol. The van der Waals surface area contributed by atoms with E-state index in [-0.39, 0.29) is 12.5 Å². The van der Waals surface area contributed by atoms with Crippen LogP contribution in [0.4, 0.5) is 0 Å². The van der Waals surface area contributed by atoms with Gasteiger partial charge in [0, 0.05) is 18.5 Å².